The van der Waals surface area contributed by atoms with Crippen molar-refractivity contribution >= 4 is 20.8 Å². The van der Waals surface area contributed by atoms with Crippen LogP contribution in [-0.2, 0) is 29.2 Å². The Morgan fingerprint density at radius 1 is 0.909 bits per heavy atom. The van der Waals surface area contributed by atoms with E-state index in [9.17, 15) is 36.2 Å². The molecule has 14 heteroatoms. The molecule has 5 saturated carbocycles. The first kappa shape index (κ1) is 40.1. The van der Waals surface area contributed by atoms with Crippen LogP contribution in [0.2, 0.25) is 0 Å². The summed E-state index contributed by atoms with van der Waals surface area (Å²) >= 11 is 0. The number of fused-ring (bicyclic) bond motifs is 5. The van der Waals surface area contributed by atoms with Crippen LogP contribution in [0, 0.1) is 57.7 Å². The minimum atomic E-state index is -5.17. The van der Waals surface area contributed by atoms with Gasteiger partial charge in [0.15, 0.2) is 0 Å². The van der Waals surface area contributed by atoms with E-state index in [1.165, 1.54) is 6.42 Å². The van der Waals surface area contributed by atoms with E-state index >= 15 is 0 Å². The second kappa shape index (κ2) is 13.4. The summed E-state index contributed by atoms with van der Waals surface area (Å²) in [5.74, 6) is 1.41. The van der Waals surface area contributed by atoms with E-state index in [1.54, 1.807) is 0 Å². The maximum atomic E-state index is 12.0. The van der Waals surface area contributed by atoms with Crippen LogP contribution in [0.4, 0.5) is 0 Å². The summed E-state index contributed by atoms with van der Waals surface area (Å²) < 4.78 is 78.6. The van der Waals surface area contributed by atoms with Crippen LogP contribution in [0.3, 0.4) is 0 Å². The Labute approximate surface area is 309 Å². The Morgan fingerprint density at radius 3 is 2.00 bits per heavy atom. The van der Waals surface area contributed by atoms with E-state index in [-0.39, 0.29) is 112 Å². The summed E-state index contributed by atoms with van der Waals surface area (Å²) in [6.07, 6.45) is 3.42. The summed E-state index contributed by atoms with van der Waals surface area (Å²) in [4.78, 5) is 0. The fraction of sp³-hybridized carbons (Fsp3) is 1.00. The molecule has 0 saturated heterocycles. The van der Waals surface area contributed by atoms with Gasteiger partial charge in [-0.1, -0.05) is 34.6 Å². The zero-order valence-corrected chi connectivity index (χ0v) is 33.5. The Kier molecular flexibility index (Phi) is 12.2. The summed E-state index contributed by atoms with van der Waals surface area (Å²) in [6, 6.07) is 0. The Hall–Kier alpha value is 1.66. The molecule has 244 valence electrons. The van der Waals surface area contributed by atoms with Gasteiger partial charge in [-0.2, -0.15) is 0 Å². The summed E-state index contributed by atoms with van der Waals surface area (Å²) in [7, 11) is -10.3. The van der Waals surface area contributed by atoms with Crippen molar-refractivity contribution < 1.29 is 104 Å². The fourth-order valence-corrected chi connectivity index (χ4v) is 12.5. The number of hydrogen-bond acceptors (Lipinski definition) is 10. The van der Waals surface area contributed by atoms with Crippen molar-refractivity contribution in [1.29, 1.82) is 0 Å². The molecular formula is C30H50Na2O10S2. The molecule has 3 unspecified atom stereocenters. The Balaban J connectivity index is 0.00000264. The van der Waals surface area contributed by atoms with Gasteiger partial charge >= 0.3 is 59.1 Å². The zero-order chi connectivity index (χ0) is 31.3. The molecule has 5 aliphatic carbocycles. The van der Waals surface area contributed by atoms with Gasteiger partial charge in [0.1, 0.15) is 12.2 Å². The van der Waals surface area contributed by atoms with Gasteiger partial charge < -0.3 is 19.3 Å². The molecule has 0 amide bonds. The largest absolute Gasteiger partial charge is 1.00 e. The molecule has 5 aliphatic rings. The third-order valence-electron chi connectivity index (χ3n) is 13.6. The molecule has 0 aromatic heterocycles. The van der Waals surface area contributed by atoms with Crippen molar-refractivity contribution in [3.05, 3.63) is 0 Å². The quantitative estimate of drug-likeness (QED) is 0.160. The SMILES string of the molecule is CC(C)C1(CCC(C)(O)[C@H]2[C@@H](O)C[C@H]3[C@@H]4CC[C@H]5C[C@H](OS(=O)(=O)[O-])[C@@H](OS(=O)(=O)[O-])C[C@]5(C)[C@H]4CC[C@]23C)CC1C.[Na+].[Na+]. The summed E-state index contributed by atoms with van der Waals surface area (Å²) in [6.45, 7) is 13.0. The van der Waals surface area contributed by atoms with Crippen LogP contribution >= 0.6 is 0 Å². The summed E-state index contributed by atoms with van der Waals surface area (Å²) in [5, 5.41) is 23.5. The third kappa shape index (κ3) is 7.39. The first-order valence-electron chi connectivity index (χ1n) is 15.8. The smallest absolute Gasteiger partial charge is 0.726 e. The molecule has 0 heterocycles. The van der Waals surface area contributed by atoms with Gasteiger partial charge in [-0.15, -0.1) is 0 Å². The van der Waals surface area contributed by atoms with Gasteiger partial charge in [-0.3, -0.25) is 8.37 Å². The topological polar surface area (TPSA) is 173 Å². The third-order valence-corrected chi connectivity index (χ3v) is 14.5. The number of aliphatic hydroxyl groups excluding tert-OH is 1. The average molecular weight is 681 g/mol. The van der Waals surface area contributed by atoms with Gasteiger partial charge in [0.25, 0.3) is 0 Å². The van der Waals surface area contributed by atoms with Crippen LogP contribution in [0.1, 0.15) is 106 Å². The molecule has 10 nitrogen and oxygen atoms in total. The fourth-order valence-electron chi connectivity index (χ4n) is 11.5. The maximum absolute atomic E-state index is 12.0. The van der Waals surface area contributed by atoms with Crippen LogP contribution in [0.15, 0.2) is 0 Å². The van der Waals surface area contributed by atoms with Crippen molar-refractivity contribution in [2.24, 2.45) is 57.7 Å². The van der Waals surface area contributed by atoms with Crippen LogP contribution < -0.4 is 59.1 Å². The zero-order valence-electron chi connectivity index (χ0n) is 27.8. The molecule has 5 rings (SSSR count). The Bertz CT molecular complexity index is 1260. The predicted octanol–water partition coefficient (Wildman–Crippen LogP) is -1.86. The first-order valence-corrected chi connectivity index (χ1v) is 18.5. The average Bonchev–Trinajstić information content (AvgIpc) is 3.40. The summed E-state index contributed by atoms with van der Waals surface area (Å²) in [5.41, 5.74) is -1.48. The van der Waals surface area contributed by atoms with Crippen LogP contribution in [0.5, 0.6) is 0 Å². The molecule has 0 aromatic carbocycles. The van der Waals surface area contributed by atoms with Crippen molar-refractivity contribution in [3.8, 4) is 0 Å². The van der Waals surface area contributed by atoms with Gasteiger partial charge in [-0.05, 0) is 123 Å². The van der Waals surface area contributed by atoms with Crippen molar-refractivity contribution in [3.63, 3.8) is 0 Å². The van der Waals surface area contributed by atoms with Gasteiger partial charge in [0, 0.05) is 5.92 Å². The second-order valence-corrected chi connectivity index (χ2v) is 17.9. The minimum absolute atomic E-state index is 0. The van der Waals surface area contributed by atoms with E-state index in [2.05, 4.69) is 34.6 Å². The predicted molar refractivity (Wildman–Crippen MR) is 152 cm³/mol. The molecule has 2 N–H and O–H groups in total. The normalized spacial score (nSPS) is 46.5. The molecule has 0 aliphatic heterocycles. The number of rotatable bonds is 9. The van der Waals surface area contributed by atoms with Gasteiger partial charge in [0.05, 0.1) is 11.7 Å². The number of hydrogen-bond donors (Lipinski definition) is 2. The van der Waals surface area contributed by atoms with E-state index < -0.39 is 50.1 Å². The molecule has 13 atom stereocenters. The van der Waals surface area contributed by atoms with Crippen molar-refractivity contribution in [1.82, 2.24) is 0 Å². The monoisotopic (exact) mass is 680 g/mol. The molecular weight excluding hydrogens is 630 g/mol. The maximum Gasteiger partial charge on any atom is 1.00 e. The van der Waals surface area contributed by atoms with E-state index in [0.717, 1.165) is 32.1 Å². The molecule has 44 heavy (non-hydrogen) atoms. The minimum Gasteiger partial charge on any atom is -0.726 e. The van der Waals surface area contributed by atoms with E-state index in [4.69, 9.17) is 8.37 Å². The van der Waals surface area contributed by atoms with Gasteiger partial charge in [-0.25, -0.2) is 16.8 Å². The van der Waals surface area contributed by atoms with Crippen LogP contribution in [0.25, 0.3) is 0 Å². The molecule has 5 fully saturated rings. The van der Waals surface area contributed by atoms with Crippen molar-refractivity contribution in [2.75, 3.05) is 0 Å². The molecule has 0 aromatic rings. The number of aliphatic hydroxyl groups is 2. The van der Waals surface area contributed by atoms with E-state index in [1.807, 2.05) is 6.92 Å². The standard InChI is InChI=1S/C30H52O10S2.2Na/c1-17(2)30(15-18(30)3)12-11-29(6,32)26-23(31)14-22-20-8-7-19-13-24(39-41(33,34)35)25(40-42(36,37)38)16-28(19,5)21(20)9-10-27(22,26)4;;/h17-26,31-32H,7-16H2,1-6H3,(H,33,34,35)(H,36,37,38);;/q;2*+1/p-2/t18?,19-,20+,21-,22-,23-,24-,25-,26-,27-,28-,29?,30?;;/m0../s1. The first-order chi connectivity index (χ1) is 19.1. The second-order valence-electron chi connectivity index (χ2n) is 15.9. The molecule has 0 bridgehead atoms. The van der Waals surface area contributed by atoms with Crippen LogP contribution in [-0.4, -0.2) is 60.1 Å². The molecule has 0 radical (unpaired) electrons. The molecule has 0 spiro atoms. The van der Waals surface area contributed by atoms with E-state index in [0.29, 0.717) is 24.7 Å². The Morgan fingerprint density at radius 2 is 1.48 bits per heavy atom. The van der Waals surface area contributed by atoms with Crippen molar-refractivity contribution in [2.45, 2.75) is 130 Å². The van der Waals surface area contributed by atoms with Gasteiger partial charge in [0.2, 0.25) is 20.8 Å².